The Hall–Kier alpha value is -3.07. The summed E-state index contributed by atoms with van der Waals surface area (Å²) in [7, 11) is -2.72. The van der Waals surface area contributed by atoms with Gasteiger partial charge in [0.1, 0.15) is 23.6 Å². The molecule has 4 rings (SSSR count). The Morgan fingerprint density at radius 1 is 1.31 bits per heavy atom. The minimum Gasteiger partial charge on any atom is -0.490 e. The fraction of sp³-hybridized carbons (Fsp3) is 0.381. The molecule has 32 heavy (non-hydrogen) atoms. The predicted octanol–water partition coefficient (Wildman–Crippen LogP) is 3.06. The average molecular weight is 459 g/mol. The highest BCUT2D eigenvalue weighted by Crippen LogP contribution is 2.34. The zero-order valence-electron chi connectivity index (χ0n) is 17.9. The van der Waals surface area contributed by atoms with Gasteiger partial charge in [-0.1, -0.05) is 6.07 Å². The van der Waals surface area contributed by atoms with E-state index in [9.17, 15) is 9.36 Å². The van der Waals surface area contributed by atoms with Crippen LogP contribution in [-0.2, 0) is 9.09 Å². The van der Waals surface area contributed by atoms with Crippen molar-refractivity contribution in [2.75, 3.05) is 24.6 Å². The minimum absolute atomic E-state index is 0.0891. The first-order valence-electron chi connectivity index (χ1n) is 10.0. The largest absolute Gasteiger partial charge is 0.695 e. The molecule has 10 nitrogen and oxygen atoms in total. The van der Waals surface area contributed by atoms with Crippen LogP contribution < -0.4 is 15.4 Å². The van der Waals surface area contributed by atoms with Crippen molar-refractivity contribution < 1.29 is 27.9 Å². The lowest BCUT2D eigenvalue weighted by molar-refractivity contribution is 0.0492. The number of ether oxygens (including phenoxy) is 1. The van der Waals surface area contributed by atoms with E-state index >= 15 is 0 Å². The van der Waals surface area contributed by atoms with Crippen LogP contribution in [0.3, 0.4) is 0 Å². The van der Waals surface area contributed by atoms with Gasteiger partial charge in [-0.2, -0.15) is 4.98 Å². The number of primary amides is 1. The summed E-state index contributed by atoms with van der Waals surface area (Å²) >= 11 is 0. The third kappa shape index (κ3) is 4.72. The fourth-order valence-electron chi connectivity index (χ4n) is 3.46. The molecule has 1 fully saturated rings. The summed E-state index contributed by atoms with van der Waals surface area (Å²) < 4.78 is 27.4. The number of carbonyl (C=O) groups excluding carboxylic acids is 1. The molecule has 1 aliphatic heterocycles. The quantitative estimate of drug-likeness (QED) is 0.486. The van der Waals surface area contributed by atoms with Gasteiger partial charge in [-0.05, 0) is 44.5 Å². The highest BCUT2D eigenvalue weighted by molar-refractivity contribution is 7.32. The number of nitrogens with zero attached hydrogens (tertiary/aromatic N) is 3. The lowest BCUT2D eigenvalue weighted by Crippen LogP contribution is -2.45. The number of carbonyl (C=O) groups is 1. The van der Waals surface area contributed by atoms with Gasteiger partial charge in [0.2, 0.25) is 0 Å². The van der Waals surface area contributed by atoms with Crippen LogP contribution in [0.4, 0.5) is 6.01 Å². The van der Waals surface area contributed by atoms with Crippen molar-refractivity contribution >= 4 is 31.3 Å². The number of benzene rings is 1. The molecule has 2 aromatic heterocycles. The number of amides is 1. The van der Waals surface area contributed by atoms with Crippen molar-refractivity contribution in [1.29, 1.82) is 0 Å². The van der Waals surface area contributed by atoms with E-state index in [1.807, 2.05) is 24.0 Å². The fourth-order valence-corrected chi connectivity index (χ4v) is 3.93. The number of pyridine rings is 1. The highest BCUT2D eigenvalue weighted by atomic mass is 31.1. The Morgan fingerprint density at radius 3 is 2.75 bits per heavy atom. The Kier molecular flexibility index (Phi) is 5.85. The van der Waals surface area contributed by atoms with E-state index in [1.54, 1.807) is 32.0 Å². The molecule has 3 heterocycles. The molecule has 168 valence electrons. The summed E-state index contributed by atoms with van der Waals surface area (Å²) in [5.41, 5.74) is 7.62. The number of hydrogen-bond donors (Lipinski definition) is 2. The zero-order chi connectivity index (χ0) is 23.0. The Labute approximate surface area is 185 Å². The highest BCUT2D eigenvalue weighted by Gasteiger charge is 2.33. The third-order valence-electron chi connectivity index (χ3n) is 5.18. The Morgan fingerprint density at radius 2 is 2.06 bits per heavy atom. The van der Waals surface area contributed by atoms with Gasteiger partial charge in [0.15, 0.2) is 11.2 Å². The maximum Gasteiger partial charge on any atom is 0.695 e. The van der Waals surface area contributed by atoms with Gasteiger partial charge >= 0.3 is 8.25 Å². The lowest BCUT2D eigenvalue weighted by Gasteiger charge is -2.37. The van der Waals surface area contributed by atoms with Crippen LogP contribution in [0.25, 0.3) is 11.1 Å². The van der Waals surface area contributed by atoms with Crippen molar-refractivity contribution in [3.63, 3.8) is 0 Å². The first kappa shape index (κ1) is 22.1. The SMILES string of the molecule is Cc1ccc(C2CN(c3nc4ccc(OCC(C)(C)O[P+](=O)O)cc4o3)C2)nc1C(N)=O. The van der Waals surface area contributed by atoms with E-state index in [0.29, 0.717) is 41.6 Å². The smallest absolute Gasteiger partial charge is 0.490 e. The number of oxazole rings is 1. The van der Waals surface area contributed by atoms with E-state index < -0.39 is 19.8 Å². The van der Waals surface area contributed by atoms with Gasteiger partial charge < -0.3 is 19.8 Å². The van der Waals surface area contributed by atoms with Crippen molar-refractivity contribution in [3.8, 4) is 5.75 Å². The van der Waals surface area contributed by atoms with Crippen molar-refractivity contribution in [3.05, 3.63) is 47.3 Å². The van der Waals surface area contributed by atoms with Gasteiger partial charge in [-0.25, -0.2) is 4.98 Å². The number of anilines is 1. The minimum atomic E-state index is -2.72. The summed E-state index contributed by atoms with van der Waals surface area (Å²) in [4.78, 5) is 31.4. The van der Waals surface area contributed by atoms with Crippen LogP contribution in [0.1, 0.15) is 41.5 Å². The predicted molar refractivity (Wildman–Crippen MR) is 117 cm³/mol. The number of fused-ring (bicyclic) bond motifs is 1. The summed E-state index contributed by atoms with van der Waals surface area (Å²) in [5.74, 6) is 0.162. The van der Waals surface area contributed by atoms with Crippen LogP contribution in [0.15, 0.2) is 34.7 Å². The van der Waals surface area contributed by atoms with Crippen molar-refractivity contribution in [2.24, 2.45) is 5.73 Å². The molecule has 0 aliphatic carbocycles. The summed E-state index contributed by atoms with van der Waals surface area (Å²) in [6.07, 6.45) is 0. The van der Waals surface area contributed by atoms with Crippen molar-refractivity contribution in [2.45, 2.75) is 32.3 Å². The maximum atomic E-state index is 11.5. The molecular formula is C21H24N4O6P+. The molecule has 1 atom stereocenters. The number of nitrogens with two attached hydrogens (primary N) is 1. The van der Waals surface area contributed by atoms with Gasteiger partial charge in [0, 0.05) is 35.3 Å². The molecule has 0 saturated carbocycles. The van der Waals surface area contributed by atoms with E-state index in [4.69, 9.17) is 24.3 Å². The van der Waals surface area contributed by atoms with E-state index in [1.165, 1.54) is 0 Å². The molecule has 1 aliphatic rings. The van der Waals surface area contributed by atoms with Gasteiger partial charge in [-0.3, -0.25) is 4.79 Å². The lowest BCUT2D eigenvalue weighted by atomic mass is 9.95. The van der Waals surface area contributed by atoms with Gasteiger partial charge in [0.25, 0.3) is 11.9 Å². The maximum absolute atomic E-state index is 11.5. The number of aryl methyl sites for hydroxylation is 1. The number of hydrogen-bond acceptors (Lipinski definition) is 8. The van der Waals surface area contributed by atoms with Crippen molar-refractivity contribution in [1.82, 2.24) is 9.97 Å². The standard InChI is InChI=1S/C21H23N4O6P/c1-12-4-6-15(23-18(12)19(22)26)13-9-25(10-13)20-24-16-7-5-14(8-17(16)30-20)29-11-21(2,3)31-32(27)28/h4-8,13H,9-11H2,1-3H3,(H2-,22,26,27,28)/p+1. The van der Waals surface area contributed by atoms with Crippen LogP contribution >= 0.6 is 8.25 Å². The summed E-state index contributed by atoms with van der Waals surface area (Å²) in [6.45, 7) is 6.55. The Bertz CT molecular complexity index is 1190. The summed E-state index contributed by atoms with van der Waals surface area (Å²) in [5, 5.41) is 0. The van der Waals surface area contributed by atoms with Crippen LogP contribution in [0.2, 0.25) is 0 Å². The molecular weight excluding hydrogens is 435 g/mol. The molecule has 1 amide bonds. The third-order valence-corrected chi connectivity index (χ3v) is 5.83. The Balaban J connectivity index is 1.42. The second kappa shape index (κ2) is 8.46. The number of rotatable bonds is 8. The molecule has 0 radical (unpaired) electrons. The zero-order valence-corrected chi connectivity index (χ0v) is 18.8. The van der Waals surface area contributed by atoms with Gasteiger partial charge in [-0.15, -0.1) is 9.42 Å². The summed E-state index contributed by atoms with van der Waals surface area (Å²) in [6, 6.07) is 9.53. The van der Waals surface area contributed by atoms with Crippen LogP contribution in [0, 0.1) is 6.92 Å². The van der Waals surface area contributed by atoms with Gasteiger partial charge in [0.05, 0.1) is 0 Å². The molecule has 3 N–H and O–H groups in total. The topological polar surface area (TPSA) is 141 Å². The average Bonchev–Trinajstić information content (AvgIpc) is 3.08. The van der Waals surface area contributed by atoms with E-state index in [2.05, 4.69) is 9.97 Å². The first-order valence-corrected chi connectivity index (χ1v) is 11.2. The normalized spacial score (nSPS) is 15.0. The number of aromatic nitrogens is 2. The first-order chi connectivity index (χ1) is 15.1. The second-order valence-electron chi connectivity index (χ2n) is 8.37. The van der Waals surface area contributed by atoms with E-state index in [-0.39, 0.29) is 12.5 Å². The molecule has 1 saturated heterocycles. The molecule has 3 aromatic rings. The molecule has 11 heteroatoms. The monoisotopic (exact) mass is 459 g/mol. The molecule has 0 bridgehead atoms. The molecule has 1 unspecified atom stereocenters. The second-order valence-corrected chi connectivity index (χ2v) is 9.03. The van der Waals surface area contributed by atoms with Crippen LogP contribution in [-0.4, -0.2) is 46.1 Å². The van der Waals surface area contributed by atoms with E-state index in [0.717, 1.165) is 11.3 Å². The van der Waals surface area contributed by atoms with Crippen LogP contribution in [0.5, 0.6) is 5.75 Å². The molecule has 1 aromatic carbocycles. The molecule has 0 spiro atoms.